The fourth-order valence-corrected chi connectivity index (χ4v) is 5.95. The SMILES string of the molecule is Cc1ccc(-n2c(SCc3nc(C(=O)NCCc4ccc(Cl)cc4Cl)cs3)nnc2-c2cccnc2)cc1. The van der Waals surface area contributed by atoms with E-state index in [1.54, 1.807) is 29.9 Å². The molecule has 0 radical (unpaired) electrons. The molecule has 11 heteroatoms. The van der Waals surface area contributed by atoms with E-state index < -0.39 is 0 Å². The highest BCUT2D eigenvalue weighted by Gasteiger charge is 2.18. The number of benzene rings is 2. The predicted octanol–water partition coefficient (Wildman–Crippen LogP) is 6.67. The summed E-state index contributed by atoms with van der Waals surface area (Å²) < 4.78 is 2.02. The zero-order valence-electron chi connectivity index (χ0n) is 20.3. The number of halogens is 2. The van der Waals surface area contributed by atoms with Gasteiger partial charge in [0.1, 0.15) is 10.7 Å². The van der Waals surface area contributed by atoms with Gasteiger partial charge in [-0.15, -0.1) is 21.5 Å². The van der Waals surface area contributed by atoms with Crippen LogP contribution < -0.4 is 5.32 Å². The number of carbonyl (C=O) groups is 1. The summed E-state index contributed by atoms with van der Waals surface area (Å²) in [6.07, 6.45) is 4.10. The van der Waals surface area contributed by atoms with Crippen LogP contribution in [0.25, 0.3) is 17.1 Å². The molecule has 0 bridgehead atoms. The second-order valence-electron chi connectivity index (χ2n) is 8.38. The number of nitrogens with zero attached hydrogens (tertiary/aromatic N) is 5. The van der Waals surface area contributed by atoms with Gasteiger partial charge in [-0.05, 0) is 55.3 Å². The third-order valence-electron chi connectivity index (χ3n) is 5.65. The Labute approximate surface area is 238 Å². The monoisotopic (exact) mass is 580 g/mol. The highest BCUT2D eigenvalue weighted by molar-refractivity contribution is 7.98. The van der Waals surface area contributed by atoms with Crippen molar-refractivity contribution in [2.75, 3.05) is 6.54 Å². The number of nitrogens with one attached hydrogen (secondary N) is 1. The molecule has 0 saturated heterocycles. The van der Waals surface area contributed by atoms with Crippen LogP contribution in [0.2, 0.25) is 10.0 Å². The van der Waals surface area contributed by atoms with Crippen molar-refractivity contribution >= 4 is 52.2 Å². The third kappa shape index (κ3) is 6.24. The topological polar surface area (TPSA) is 85.6 Å². The number of hydrogen-bond donors (Lipinski definition) is 1. The second kappa shape index (κ2) is 12.1. The Morgan fingerprint density at radius 3 is 2.71 bits per heavy atom. The number of pyridine rings is 1. The van der Waals surface area contributed by atoms with Gasteiger partial charge in [-0.3, -0.25) is 14.3 Å². The Morgan fingerprint density at radius 2 is 1.95 bits per heavy atom. The number of aryl methyl sites for hydroxylation is 1. The highest BCUT2D eigenvalue weighted by Crippen LogP contribution is 2.30. The number of rotatable bonds is 9. The predicted molar refractivity (Wildman–Crippen MR) is 154 cm³/mol. The number of amides is 1. The Balaban J connectivity index is 1.26. The van der Waals surface area contributed by atoms with Crippen molar-refractivity contribution in [1.29, 1.82) is 0 Å². The summed E-state index contributed by atoms with van der Waals surface area (Å²) in [4.78, 5) is 21.4. The molecular weight excluding hydrogens is 559 g/mol. The standard InChI is InChI=1S/C27H22Cl2N6OS2/c1-17-4-8-21(9-5-17)35-25(19-3-2-11-30-14-19)33-34-27(35)38-16-24-32-23(15-37-24)26(36)31-12-10-18-6-7-20(28)13-22(18)29/h2-9,11,13-15H,10,12,16H2,1H3,(H,31,36). The Kier molecular flexibility index (Phi) is 8.38. The van der Waals surface area contributed by atoms with Crippen molar-refractivity contribution in [3.8, 4) is 17.1 Å². The summed E-state index contributed by atoms with van der Waals surface area (Å²) in [5, 5.41) is 16.3. The van der Waals surface area contributed by atoms with E-state index in [2.05, 4.69) is 44.5 Å². The normalized spacial score (nSPS) is 11.0. The highest BCUT2D eigenvalue weighted by atomic mass is 35.5. The molecule has 5 rings (SSSR count). The van der Waals surface area contributed by atoms with Crippen molar-refractivity contribution in [3.05, 3.63) is 104 Å². The van der Waals surface area contributed by atoms with Gasteiger partial charge in [0, 0.05) is 45.6 Å². The summed E-state index contributed by atoms with van der Waals surface area (Å²) >= 11 is 15.1. The second-order valence-corrected chi connectivity index (χ2v) is 11.1. The van der Waals surface area contributed by atoms with Gasteiger partial charge < -0.3 is 5.32 Å². The lowest BCUT2D eigenvalue weighted by atomic mass is 10.1. The van der Waals surface area contributed by atoms with E-state index in [1.807, 2.05) is 34.9 Å². The minimum atomic E-state index is -0.218. The molecule has 0 unspecified atom stereocenters. The van der Waals surface area contributed by atoms with Crippen LogP contribution in [0.4, 0.5) is 0 Å². The van der Waals surface area contributed by atoms with Gasteiger partial charge in [0.15, 0.2) is 11.0 Å². The third-order valence-corrected chi connectivity index (χ3v) is 8.21. The molecule has 0 aliphatic heterocycles. The van der Waals surface area contributed by atoms with Gasteiger partial charge >= 0.3 is 0 Å². The number of aromatic nitrogens is 5. The Morgan fingerprint density at radius 1 is 1.11 bits per heavy atom. The van der Waals surface area contributed by atoms with Crippen LogP contribution in [0, 0.1) is 6.92 Å². The summed E-state index contributed by atoms with van der Waals surface area (Å²) in [5.74, 6) is 1.05. The molecule has 38 heavy (non-hydrogen) atoms. The first-order valence-corrected chi connectivity index (χ1v) is 14.3. The van der Waals surface area contributed by atoms with Crippen LogP contribution in [0.3, 0.4) is 0 Å². The average molecular weight is 582 g/mol. The lowest BCUT2D eigenvalue weighted by molar-refractivity contribution is 0.0949. The van der Waals surface area contributed by atoms with Crippen LogP contribution in [0.15, 0.2) is 77.5 Å². The lowest BCUT2D eigenvalue weighted by Crippen LogP contribution is -2.26. The maximum absolute atomic E-state index is 12.6. The van der Waals surface area contributed by atoms with Crippen molar-refractivity contribution in [2.24, 2.45) is 0 Å². The fraction of sp³-hybridized carbons (Fsp3) is 0.148. The molecule has 2 aromatic carbocycles. The van der Waals surface area contributed by atoms with Crippen LogP contribution in [0.5, 0.6) is 0 Å². The smallest absolute Gasteiger partial charge is 0.270 e. The fourth-order valence-electron chi connectivity index (χ4n) is 3.71. The summed E-state index contributed by atoms with van der Waals surface area (Å²) in [6, 6.07) is 17.4. The minimum Gasteiger partial charge on any atom is -0.350 e. The molecule has 0 aliphatic rings. The van der Waals surface area contributed by atoms with Gasteiger partial charge in [0.05, 0.1) is 5.75 Å². The molecule has 0 saturated carbocycles. The van der Waals surface area contributed by atoms with Gasteiger partial charge in [-0.1, -0.05) is 58.7 Å². The molecule has 5 aromatic rings. The molecule has 0 spiro atoms. The van der Waals surface area contributed by atoms with Crippen molar-refractivity contribution in [1.82, 2.24) is 30.0 Å². The van der Waals surface area contributed by atoms with E-state index in [-0.39, 0.29) is 5.91 Å². The van der Waals surface area contributed by atoms with Crippen LogP contribution in [-0.2, 0) is 12.2 Å². The number of carbonyl (C=O) groups excluding carboxylic acids is 1. The maximum Gasteiger partial charge on any atom is 0.270 e. The largest absolute Gasteiger partial charge is 0.350 e. The van der Waals surface area contributed by atoms with E-state index in [0.717, 1.165) is 27.0 Å². The molecule has 1 N–H and O–H groups in total. The van der Waals surface area contributed by atoms with E-state index in [9.17, 15) is 4.79 Å². The zero-order valence-corrected chi connectivity index (χ0v) is 23.4. The van der Waals surface area contributed by atoms with Crippen LogP contribution in [-0.4, -0.2) is 37.2 Å². The van der Waals surface area contributed by atoms with E-state index in [4.69, 9.17) is 23.2 Å². The van der Waals surface area contributed by atoms with Gasteiger partial charge in [0.2, 0.25) is 0 Å². The molecule has 0 fully saturated rings. The first-order chi connectivity index (χ1) is 18.5. The summed E-state index contributed by atoms with van der Waals surface area (Å²) in [7, 11) is 0. The quantitative estimate of drug-likeness (QED) is 0.196. The first-order valence-electron chi connectivity index (χ1n) is 11.7. The Hall–Kier alpha value is -3.24. The number of thiazole rings is 1. The van der Waals surface area contributed by atoms with Crippen LogP contribution >= 0.6 is 46.3 Å². The number of thioether (sulfide) groups is 1. The van der Waals surface area contributed by atoms with Gasteiger partial charge in [-0.2, -0.15) is 0 Å². The summed E-state index contributed by atoms with van der Waals surface area (Å²) in [5.41, 5.74) is 4.32. The first kappa shape index (κ1) is 26.4. The van der Waals surface area contributed by atoms with Crippen molar-refractivity contribution in [2.45, 2.75) is 24.3 Å². The van der Waals surface area contributed by atoms with Crippen LogP contribution in [0.1, 0.15) is 26.6 Å². The molecular formula is C27H22Cl2N6OS2. The van der Waals surface area contributed by atoms with Gasteiger partial charge in [-0.25, -0.2) is 4.98 Å². The van der Waals surface area contributed by atoms with E-state index in [1.165, 1.54) is 28.7 Å². The molecule has 1 amide bonds. The average Bonchev–Trinajstić information content (AvgIpc) is 3.57. The molecule has 0 atom stereocenters. The zero-order chi connectivity index (χ0) is 26.5. The molecule has 3 heterocycles. The van der Waals surface area contributed by atoms with Crippen molar-refractivity contribution in [3.63, 3.8) is 0 Å². The van der Waals surface area contributed by atoms with Gasteiger partial charge in [0.25, 0.3) is 5.91 Å². The molecule has 3 aromatic heterocycles. The van der Waals surface area contributed by atoms with E-state index in [0.29, 0.717) is 40.3 Å². The minimum absolute atomic E-state index is 0.218. The number of hydrogen-bond acceptors (Lipinski definition) is 7. The van der Waals surface area contributed by atoms with Crippen molar-refractivity contribution < 1.29 is 4.79 Å². The maximum atomic E-state index is 12.6. The lowest BCUT2D eigenvalue weighted by Gasteiger charge is -2.10. The van der Waals surface area contributed by atoms with E-state index >= 15 is 0 Å². The molecule has 192 valence electrons. The summed E-state index contributed by atoms with van der Waals surface area (Å²) in [6.45, 7) is 2.50. The molecule has 7 nitrogen and oxygen atoms in total. The molecule has 0 aliphatic carbocycles. The Bertz CT molecular complexity index is 1550.